The van der Waals surface area contributed by atoms with Crippen LogP contribution < -0.4 is 16.2 Å². The fourth-order valence-corrected chi connectivity index (χ4v) is 2.59. The van der Waals surface area contributed by atoms with Crippen molar-refractivity contribution in [2.24, 2.45) is 0 Å². The van der Waals surface area contributed by atoms with E-state index in [4.69, 9.17) is 0 Å². The van der Waals surface area contributed by atoms with Gasteiger partial charge in [-0.15, -0.1) is 0 Å². The maximum absolute atomic E-state index is 12.0. The summed E-state index contributed by atoms with van der Waals surface area (Å²) < 4.78 is 0.947. The van der Waals surface area contributed by atoms with E-state index < -0.39 is 0 Å². The van der Waals surface area contributed by atoms with E-state index in [9.17, 15) is 9.59 Å². The lowest BCUT2D eigenvalue weighted by atomic mass is 10.2. The lowest BCUT2D eigenvalue weighted by molar-refractivity contribution is -0.114. The first-order valence-corrected chi connectivity index (χ1v) is 9.05. The van der Waals surface area contributed by atoms with Gasteiger partial charge in [0, 0.05) is 33.2 Å². The van der Waals surface area contributed by atoms with E-state index in [-0.39, 0.29) is 18.0 Å². The minimum atomic E-state index is -0.177. The highest BCUT2D eigenvalue weighted by molar-refractivity contribution is 9.10. The predicted octanol–water partition coefficient (Wildman–Crippen LogP) is 3.26. The maximum Gasteiger partial charge on any atom is 0.254 e. The van der Waals surface area contributed by atoms with Crippen molar-refractivity contribution in [3.63, 3.8) is 0 Å². The first-order valence-electron chi connectivity index (χ1n) is 8.25. The third-order valence-corrected chi connectivity index (χ3v) is 4.52. The van der Waals surface area contributed by atoms with Crippen molar-refractivity contribution in [3.05, 3.63) is 68.7 Å². The molecule has 27 heavy (non-hydrogen) atoms. The number of benzene rings is 1. The van der Waals surface area contributed by atoms with E-state index in [0.717, 1.165) is 10.2 Å². The molecule has 0 fully saturated rings. The van der Waals surface area contributed by atoms with Gasteiger partial charge in [0.05, 0.1) is 6.54 Å². The number of hydrogen-bond donors (Lipinski definition) is 3. The number of rotatable bonds is 5. The molecule has 0 spiro atoms. The SMILES string of the molecule is Cc1nc(-c2ccc(NCC(=O)Nc3ccc(Br)cc3)nc2)[nH]c(=O)c1C. The molecule has 3 N–H and O–H groups in total. The summed E-state index contributed by atoms with van der Waals surface area (Å²) >= 11 is 3.35. The zero-order valence-electron chi connectivity index (χ0n) is 14.8. The largest absolute Gasteiger partial charge is 0.361 e. The van der Waals surface area contributed by atoms with Crippen LogP contribution in [0, 0.1) is 13.8 Å². The topological polar surface area (TPSA) is 99.8 Å². The number of aromatic nitrogens is 3. The number of carbonyl (C=O) groups excluding carboxylic acids is 1. The summed E-state index contributed by atoms with van der Waals surface area (Å²) in [6, 6.07) is 10.9. The smallest absolute Gasteiger partial charge is 0.254 e. The zero-order valence-corrected chi connectivity index (χ0v) is 16.4. The van der Waals surface area contributed by atoms with Crippen LogP contribution in [0.1, 0.15) is 11.3 Å². The second-order valence-corrected chi connectivity index (χ2v) is 6.88. The van der Waals surface area contributed by atoms with Crippen LogP contribution in [0.3, 0.4) is 0 Å². The number of aromatic amines is 1. The molecule has 1 amide bonds. The highest BCUT2D eigenvalue weighted by atomic mass is 79.9. The summed E-state index contributed by atoms with van der Waals surface area (Å²) in [6.07, 6.45) is 1.60. The van der Waals surface area contributed by atoms with Gasteiger partial charge in [-0.25, -0.2) is 9.97 Å². The molecule has 0 saturated carbocycles. The minimum Gasteiger partial charge on any atom is -0.361 e. The zero-order chi connectivity index (χ0) is 19.4. The highest BCUT2D eigenvalue weighted by Crippen LogP contribution is 2.16. The number of pyridine rings is 1. The fourth-order valence-electron chi connectivity index (χ4n) is 2.33. The third kappa shape index (κ3) is 4.79. The van der Waals surface area contributed by atoms with Crippen molar-refractivity contribution >= 4 is 33.3 Å². The summed E-state index contributed by atoms with van der Waals surface area (Å²) in [4.78, 5) is 35.3. The first-order chi connectivity index (χ1) is 12.9. The van der Waals surface area contributed by atoms with Gasteiger partial charge in [-0.1, -0.05) is 15.9 Å². The Balaban J connectivity index is 1.61. The summed E-state index contributed by atoms with van der Waals surface area (Å²) in [5.41, 5.74) is 2.53. The molecule has 0 aliphatic carbocycles. The van der Waals surface area contributed by atoms with Crippen LogP contribution in [0.25, 0.3) is 11.4 Å². The van der Waals surface area contributed by atoms with E-state index in [0.29, 0.717) is 28.5 Å². The van der Waals surface area contributed by atoms with E-state index >= 15 is 0 Å². The van der Waals surface area contributed by atoms with Crippen LogP contribution in [0.4, 0.5) is 11.5 Å². The quantitative estimate of drug-likeness (QED) is 0.580. The molecule has 2 aromatic heterocycles. The normalized spacial score (nSPS) is 10.5. The van der Waals surface area contributed by atoms with Crippen molar-refractivity contribution in [2.75, 3.05) is 17.2 Å². The highest BCUT2D eigenvalue weighted by Gasteiger charge is 2.07. The van der Waals surface area contributed by atoms with Gasteiger partial charge in [-0.05, 0) is 50.2 Å². The van der Waals surface area contributed by atoms with E-state index in [2.05, 4.69) is 41.5 Å². The van der Waals surface area contributed by atoms with Crippen LogP contribution in [0.15, 0.2) is 51.9 Å². The van der Waals surface area contributed by atoms with Crippen molar-refractivity contribution in [1.29, 1.82) is 0 Å². The molecule has 3 rings (SSSR count). The Morgan fingerprint density at radius 2 is 1.89 bits per heavy atom. The maximum atomic E-state index is 12.0. The molecule has 1 aromatic carbocycles. The minimum absolute atomic E-state index is 0.0845. The Hall–Kier alpha value is -3.00. The average Bonchev–Trinajstić information content (AvgIpc) is 2.66. The first kappa shape index (κ1) is 18.8. The molecule has 138 valence electrons. The van der Waals surface area contributed by atoms with Gasteiger partial charge in [-0.3, -0.25) is 9.59 Å². The van der Waals surface area contributed by atoms with Crippen molar-refractivity contribution in [1.82, 2.24) is 15.0 Å². The van der Waals surface area contributed by atoms with Crippen LogP contribution >= 0.6 is 15.9 Å². The van der Waals surface area contributed by atoms with Gasteiger partial charge < -0.3 is 15.6 Å². The molecule has 0 atom stereocenters. The van der Waals surface area contributed by atoms with Gasteiger partial charge in [0.1, 0.15) is 11.6 Å². The monoisotopic (exact) mass is 427 g/mol. The van der Waals surface area contributed by atoms with Crippen molar-refractivity contribution in [2.45, 2.75) is 13.8 Å². The van der Waals surface area contributed by atoms with Crippen LogP contribution in [-0.4, -0.2) is 27.4 Å². The number of hydrogen-bond acceptors (Lipinski definition) is 5. The number of nitrogens with one attached hydrogen (secondary N) is 3. The Morgan fingerprint density at radius 1 is 1.15 bits per heavy atom. The number of halogens is 1. The van der Waals surface area contributed by atoms with Crippen molar-refractivity contribution in [3.8, 4) is 11.4 Å². The number of aryl methyl sites for hydroxylation is 1. The Bertz CT molecular complexity index is 1010. The van der Waals surface area contributed by atoms with Gasteiger partial charge in [-0.2, -0.15) is 0 Å². The number of amides is 1. The number of anilines is 2. The predicted molar refractivity (Wildman–Crippen MR) is 109 cm³/mol. The molecule has 7 nitrogen and oxygen atoms in total. The van der Waals surface area contributed by atoms with Crippen LogP contribution in [0.5, 0.6) is 0 Å². The summed E-state index contributed by atoms with van der Waals surface area (Å²) in [5, 5.41) is 5.76. The van der Waals surface area contributed by atoms with Crippen LogP contribution in [0.2, 0.25) is 0 Å². The molecule has 2 heterocycles. The summed E-state index contributed by atoms with van der Waals surface area (Å²) in [5.74, 6) is 0.842. The number of H-pyrrole nitrogens is 1. The van der Waals surface area contributed by atoms with Gasteiger partial charge in [0.15, 0.2) is 0 Å². The Morgan fingerprint density at radius 3 is 2.52 bits per heavy atom. The second-order valence-electron chi connectivity index (χ2n) is 5.97. The van der Waals surface area contributed by atoms with E-state index in [1.807, 2.05) is 24.3 Å². The average molecular weight is 428 g/mol. The summed E-state index contributed by atoms with van der Waals surface area (Å²) in [7, 11) is 0. The molecule has 8 heteroatoms. The molecule has 0 aliphatic heterocycles. The summed E-state index contributed by atoms with van der Waals surface area (Å²) in [6.45, 7) is 3.61. The molecule has 0 unspecified atom stereocenters. The Kier molecular flexibility index (Phi) is 5.66. The molecule has 0 radical (unpaired) electrons. The molecule has 0 saturated heterocycles. The van der Waals surface area contributed by atoms with E-state index in [1.165, 1.54) is 0 Å². The Labute approximate surface area is 164 Å². The fraction of sp³-hybridized carbons (Fsp3) is 0.158. The molecule has 0 aliphatic rings. The van der Waals surface area contributed by atoms with Gasteiger partial charge in [0.25, 0.3) is 5.56 Å². The molecular formula is C19H18BrN5O2. The van der Waals surface area contributed by atoms with Crippen molar-refractivity contribution < 1.29 is 4.79 Å². The second kappa shape index (κ2) is 8.13. The lowest BCUT2D eigenvalue weighted by Crippen LogP contribution is -2.22. The molecule has 3 aromatic rings. The van der Waals surface area contributed by atoms with E-state index in [1.54, 1.807) is 32.2 Å². The molecular weight excluding hydrogens is 410 g/mol. The third-order valence-electron chi connectivity index (χ3n) is 3.99. The number of nitrogens with zero attached hydrogens (tertiary/aromatic N) is 2. The van der Waals surface area contributed by atoms with Gasteiger partial charge in [0.2, 0.25) is 5.91 Å². The standard InChI is InChI=1S/C19H18BrN5O2/c1-11-12(2)23-18(25-19(11)27)13-3-8-16(21-9-13)22-10-17(26)24-15-6-4-14(20)5-7-15/h3-9H,10H2,1-2H3,(H,21,22)(H,24,26)(H,23,25,27). The van der Waals surface area contributed by atoms with Gasteiger partial charge >= 0.3 is 0 Å². The lowest BCUT2D eigenvalue weighted by Gasteiger charge is -2.08. The van der Waals surface area contributed by atoms with Crippen LogP contribution in [-0.2, 0) is 4.79 Å². The molecule has 0 bridgehead atoms. The number of carbonyl (C=O) groups is 1.